The van der Waals surface area contributed by atoms with Gasteiger partial charge < -0.3 is 15.4 Å². The van der Waals surface area contributed by atoms with Crippen molar-refractivity contribution < 1.29 is 14.5 Å². The maximum Gasteiger partial charge on any atom is 0.353 e. The Hall–Kier alpha value is -3.53. The number of nitrogens with zero attached hydrogens (tertiary/aromatic N) is 3. The number of hydrogen-bond donors (Lipinski definition) is 2. The third-order valence-corrected chi connectivity index (χ3v) is 4.15. The number of anilines is 4. The third kappa shape index (κ3) is 4.41. The van der Waals surface area contributed by atoms with Crippen molar-refractivity contribution in [2.24, 2.45) is 0 Å². The van der Waals surface area contributed by atoms with Gasteiger partial charge in [-0.2, -0.15) is 0 Å². The van der Waals surface area contributed by atoms with Crippen molar-refractivity contribution in [3.8, 4) is 0 Å². The minimum atomic E-state index is -0.564. The van der Waals surface area contributed by atoms with Gasteiger partial charge in [-0.3, -0.25) is 10.1 Å². The summed E-state index contributed by atoms with van der Waals surface area (Å²) in [5.74, 6) is -0.407. The number of carbonyl (C=O) groups is 1. The Bertz CT molecular complexity index is 1030. The van der Waals surface area contributed by atoms with Crippen LogP contribution in [0.15, 0.2) is 59.3 Å². The molecule has 0 spiro atoms. The molecule has 9 nitrogen and oxygen atoms in total. The van der Waals surface area contributed by atoms with Crippen LogP contribution in [0.5, 0.6) is 0 Å². The first kappa shape index (κ1) is 19.2. The summed E-state index contributed by atoms with van der Waals surface area (Å²) in [5, 5.41) is 17.5. The second-order valence-electron chi connectivity index (χ2n) is 5.51. The van der Waals surface area contributed by atoms with E-state index in [1.54, 1.807) is 42.5 Å². The molecule has 0 atom stereocenters. The van der Waals surface area contributed by atoms with E-state index in [0.717, 1.165) is 4.47 Å². The number of hydrogen-bond acceptors (Lipinski definition) is 8. The molecule has 0 aliphatic heterocycles. The molecule has 1 heterocycles. The molecule has 0 saturated carbocycles. The van der Waals surface area contributed by atoms with Crippen LogP contribution in [0.4, 0.5) is 28.7 Å². The van der Waals surface area contributed by atoms with Gasteiger partial charge in [-0.15, -0.1) is 0 Å². The average Bonchev–Trinajstić information content (AvgIpc) is 2.68. The highest BCUT2D eigenvalue weighted by Gasteiger charge is 2.23. The first-order valence-corrected chi connectivity index (χ1v) is 8.74. The Morgan fingerprint density at radius 3 is 2.29 bits per heavy atom. The van der Waals surface area contributed by atoms with E-state index in [-0.39, 0.29) is 17.3 Å². The molecular formula is C18H14BrN5O4. The minimum absolute atomic E-state index is 0.0170. The molecule has 3 aromatic rings. The smallest absolute Gasteiger partial charge is 0.353 e. The number of rotatable bonds is 6. The Labute approximate surface area is 168 Å². The zero-order chi connectivity index (χ0) is 20.1. The SMILES string of the molecule is COC(=O)c1ccc(Nc2ncnc(Nc3cccc(Br)c3)c2[N+](=O)[O-])cc1. The Morgan fingerprint density at radius 2 is 1.71 bits per heavy atom. The average molecular weight is 444 g/mol. The number of halogens is 1. The standard InChI is InChI=1S/C18H14BrN5O4/c1-28-18(25)11-5-7-13(8-6-11)22-16-15(24(26)27)17(21-10-20-16)23-14-4-2-3-12(19)9-14/h2-10H,1H3,(H2,20,21,22,23). The number of aromatic nitrogens is 2. The van der Waals surface area contributed by atoms with Crippen LogP contribution in [0, 0.1) is 10.1 Å². The highest BCUT2D eigenvalue weighted by atomic mass is 79.9. The number of carbonyl (C=O) groups excluding carboxylic acids is 1. The first-order chi connectivity index (χ1) is 13.5. The van der Waals surface area contributed by atoms with Crippen LogP contribution in [0.25, 0.3) is 0 Å². The van der Waals surface area contributed by atoms with Crippen molar-refractivity contribution >= 4 is 50.6 Å². The van der Waals surface area contributed by atoms with Gasteiger partial charge in [0.1, 0.15) is 6.33 Å². The predicted octanol–water partition coefficient (Wildman–Crippen LogP) is 4.42. The van der Waals surface area contributed by atoms with Gasteiger partial charge in [0.05, 0.1) is 17.6 Å². The maximum atomic E-state index is 11.6. The van der Waals surface area contributed by atoms with Crippen LogP contribution in [-0.4, -0.2) is 28.0 Å². The van der Waals surface area contributed by atoms with Gasteiger partial charge in [0.15, 0.2) is 0 Å². The number of esters is 1. The number of ether oxygens (including phenoxy) is 1. The van der Waals surface area contributed by atoms with E-state index in [0.29, 0.717) is 16.9 Å². The largest absolute Gasteiger partial charge is 0.465 e. The van der Waals surface area contributed by atoms with E-state index in [9.17, 15) is 14.9 Å². The molecule has 10 heteroatoms. The fourth-order valence-electron chi connectivity index (χ4n) is 2.38. The van der Waals surface area contributed by atoms with Crippen molar-refractivity contribution in [2.45, 2.75) is 0 Å². The lowest BCUT2D eigenvalue weighted by Gasteiger charge is -2.10. The molecule has 2 aromatic carbocycles. The minimum Gasteiger partial charge on any atom is -0.465 e. The summed E-state index contributed by atoms with van der Waals surface area (Å²) < 4.78 is 5.46. The lowest BCUT2D eigenvalue weighted by Crippen LogP contribution is -2.06. The summed E-state index contributed by atoms with van der Waals surface area (Å²) in [7, 11) is 1.29. The summed E-state index contributed by atoms with van der Waals surface area (Å²) in [5.41, 5.74) is 1.20. The molecule has 0 unspecified atom stereocenters. The van der Waals surface area contributed by atoms with E-state index in [4.69, 9.17) is 0 Å². The van der Waals surface area contributed by atoms with E-state index in [2.05, 4.69) is 41.3 Å². The molecule has 2 N–H and O–H groups in total. The van der Waals surface area contributed by atoms with E-state index in [1.807, 2.05) is 6.07 Å². The zero-order valence-corrected chi connectivity index (χ0v) is 16.1. The number of benzene rings is 2. The van der Waals surface area contributed by atoms with E-state index in [1.165, 1.54) is 13.4 Å². The van der Waals surface area contributed by atoms with E-state index >= 15 is 0 Å². The number of nitro groups is 1. The molecule has 0 fully saturated rings. The fourth-order valence-corrected chi connectivity index (χ4v) is 2.78. The second kappa shape index (κ2) is 8.44. The monoisotopic (exact) mass is 443 g/mol. The molecule has 3 rings (SSSR count). The lowest BCUT2D eigenvalue weighted by atomic mass is 10.2. The molecular weight excluding hydrogens is 430 g/mol. The van der Waals surface area contributed by atoms with Crippen molar-refractivity contribution in [3.63, 3.8) is 0 Å². The predicted molar refractivity (Wildman–Crippen MR) is 107 cm³/mol. The highest BCUT2D eigenvalue weighted by molar-refractivity contribution is 9.10. The van der Waals surface area contributed by atoms with Gasteiger partial charge in [0, 0.05) is 15.8 Å². The molecule has 28 heavy (non-hydrogen) atoms. The molecule has 0 radical (unpaired) electrons. The molecule has 0 saturated heterocycles. The van der Waals surface area contributed by atoms with Gasteiger partial charge in [-0.05, 0) is 42.5 Å². The summed E-state index contributed by atoms with van der Waals surface area (Å²) in [6.45, 7) is 0. The number of methoxy groups -OCH3 is 1. The van der Waals surface area contributed by atoms with Crippen LogP contribution in [-0.2, 0) is 4.74 Å². The molecule has 0 aliphatic rings. The van der Waals surface area contributed by atoms with Crippen molar-refractivity contribution in [1.29, 1.82) is 0 Å². The van der Waals surface area contributed by atoms with Crippen LogP contribution in [0.1, 0.15) is 10.4 Å². The highest BCUT2D eigenvalue weighted by Crippen LogP contribution is 2.33. The Balaban J connectivity index is 1.91. The van der Waals surface area contributed by atoms with Crippen LogP contribution >= 0.6 is 15.9 Å². The topological polar surface area (TPSA) is 119 Å². The van der Waals surface area contributed by atoms with Crippen LogP contribution in [0.3, 0.4) is 0 Å². The maximum absolute atomic E-state index is 11.6. The quantitative estimate of drug-likeness (QED) is 0.326. The molecule has 0 amide bonds. The van der Waals surface area contributed by atoms with Crippen molar-refractivity contribution in [3.05, 3.63) is 75.0 Å². The Kier molecular flexibility index (Phi) is 5.80. The Morgan fingerprint density at radius 1 is 1.07 bits per heavy atom. The summed E-state index contributed by atoms with van der Waals surface area (Å²) in [6.07, 6.45) is 1.22. The summed E-state index contributed by atoms with van der Waals surface area (Å²) >= 11 is 3.35. The van der Waals surface area contributed by atoms with Crippen molar-refractivity contribution in [2.75, 3.05) is 17.7 Å². The third-order valence-electron chi connectivity index (χ3n) is 3.66. The van der Waals surface area contributed by atoms with Gasteiger partial charge in [0.2, 0.25) is 11.6 Å². The number of nitrogens with one attached hydrogen (secondary N) is 2. The molecule has 142 valence electrons. The van der Waals surface area contributed by atoms with Crippen molar-refractivity contribution in [1.82, 2.24) is 9.97 Å². The molecule has 0 bridgehead atoms. The molecule has 1 aromatic heterocycles. The van der Waals surface area contributed by atoms with Gasteiger partial charge in [-0.25, -0.2) is 14.8 Å². The molecule has 0 aliphatic carbocycles. The zero-order valence-electron chi connectivity index (χ0n) is 14.5. The summed E-state index contributed by atoms with van der Waals surface area (Å²) in [4.78, 5) is 30.6. The van der Waals surface area contributed by atoms with Crippen LogP contribution < -0.4 is 10.6 Å². The normalized spacial score (nSPS) is 10.2. The van der Waals surface area contributed by atoms with Gasteiger partial charge in [0.25, 0.3) is 0 Å². The van der Waals surface area contributed by atoms with Gasteiger partial charge >= 0.3 is 11.7 Å². The van der Waals surface area contributed by atoms with E-state index < -0.39 is 10.9 Å². The van der Waals surface area contributed by atoms with Crippen LogP contribution in [0.2, 0.25) is 0 Å². The first-order valence-electron chi connectivity index (χ1n) is 7.95. The summed E-state index contributed by atoms with van der Waals surface area (Å²) in [6, 6.07) is 13.4. The van der Waals surface area contributed by atoms with Gasteiger partial charge in [-0.1, -0.05) is 22.0 Å². The fraction of sp³-hybridized carbons (Fsp3) is 0.0556. The second-order valence-corrected chi connectivity index (χ2v) is 6.42. The lowest BCUT2D eigenvalue weighted by molar-refractivity contribution is -0.383.